The summed E-state index contributed by atoms with van der Waals surface area (Å²) in [5.41, 5.74) is 2.14. The molecule has 0 saturated carbocycles. The molecule has 156 valence electrons. The molecule has 0 bridgehead atoms. The Bertz CT molecular complexity index is 905. The highest BCUT2D eigenvalue weighted by atomic mass is 16.6. The van der Waals surface area contributed by atoms with Gasteiger partial charge in [-0.3, -0.25) is 9.69 Å². The Morgan fingerprint density at radius 2 is 1.97 bits per heavy atom. The smallest absolute Gasteiger partial charge is 0.340 e. The van der Waals surface area contributed by atoms with Crippen LogP contribution in [0.5, 0.6) is 11.5 Å². The zero-order chi connectivity index (χ0) is 21.1. The third kappa shape index (κ3) is 4.29. The van der Waals surface area contributed by atoms with Crippen molar-refractivity contribution in [2.24, 2.45) is 0 Å². The van der Waals surface area contributed by atoms with Gasteiger partial charge in [0.25, 0.3) is 0 Å². The molecule has 2 atom stereocenters. The number of para-hydroxylation sites is 2. The molecule has 0 fully saturated rings. The molecular formula is C22H28N2O5. The summed E-state index contributed by atoms with van der Waals surface area (Å²) in [5.74, 6) is 0.955. The highest BCUT2D eigenvalue weighted by molar-refractivity contribution is 6.03. The molecule has 0 aliphatic carbocycles. The number of aryl methyl sites for hydroxylation is 1. The first-order valence-electron chi connectivity index (χ1n) is 9.82. The lowest BCUT2D eigenvalue weighted by atomic mass is 10.0. The Morgan fingerprint density at radius 1 is 1.28 bits per heavy atom. The Morgan fingerprint density at radius 3 is 2.66 bits per heavy atom. The number of likely N-dealkylation sites (N-methyl/N-ethyl adjacent to an activating group) is 1. The number of nitrogens with zero attached hydrogens (tertiary/aromatic N) is 1. The van der Waals surface area contributed by atoms with E-state index in [0.717, 1.165) is 5.75 Å². The number of aromatic amines is 1. The van der Waals surface area contributed by atoms with Gasteiger partial charge in [-0.2, -0.15) is 0 Å². The molecule has 2 aromatic rings. The summed E-state index contributed by atoms with van der Waals surface area (Å²) in [6.45, 7) is 8.39. The average molecular weight is 400 g/mol. The van der Waals surface area contributed by atoms with E-state index in [9.17, 15) is 9.59 Å². The predicted octanol–water partition coefficient (Wildman–Crippen LogP) is 3.15. The number of hydrogen-bond acceptors (Lipinski definition) is 6. The van der Waals surface area contributed by atoms with Gasteiger partial charge in [0.1, 0.15) is 12.7 Å². The summed E-state index contributed by atoms with van der Waals surface area (Å²) in [5, 5.41) is 0. The van der Waals surface area contributed by atoms with Crippen molar-refractivity contribution in [2.75, 3.05) is 26.8 Å². The molecule has 0 amide bonds. The summed E-state index contributed by atoms with van der Waals surface area (Å²) in [4.78, 5) is 30.3. The van der Waals surface area contributed by atoms with Crippen molar-refractivity contribution in [1.82, 2.24) is 9.88 Å². The quantitative estimate of drug-likeness (QED) is 0.568. The summed E-state index contributed by atoms with van der Waals surface area (Å²) in [7, 11) is 1.88. The first kappa shape index (κ1) is 20.9. The maximum absolute atomic E-state index is 13.1. The number of rotatable bonds is 7. The fraction of sp³-hybridized carbons (Fsp3) is 0.455. The van der Waals surface area contributed by atoms with Crippen molar-refractivity contribution in [1.29, 1.82) is 0 Å². The molecule has 1 aliphatic rings. The van der Waals surface area contributed by atoms with Crippen LogP contribution in [0.4, 0.5) is 0 Å². The van der Waals surface area contributed by atoms with Gasteiger partial charge in [-0.05, 0) is 52.4 Å². The molecule has 7 heteroatoms. The zero-order valence-corrected chi connectivity index (χ0v) is 17.6. The van der Waals surface area contributed by atoms with Crippen LogP contribution in [-0.4, -0.2) is 60.6 Å². The second-order valence-electron chi connectivity index (χ2n) is 7.32. The number of aromatic nitrogens is 1. The van der Waals surface area contributed by atoms with Gasteiger partial charge in [-0.25, -0.2) is 4.79 Å². The molecule has 0 radical (unpaired) electrons. The number of Topliss-reactive ketones (excluding diaryl/α,β-unsaturated/α-hetero) is 1. The Hall–Kier alpha value is -2.80. The number of esters is 1. The molecule has 7 nitrogen and oxygen atoms in total. The largest absolute Gasteiger partial charge is 0.486 e. The lowest BCUT2D eigenvalue weighted by Gasteiger charge is -2.31. The van der Waals surface area contributed by atoms with Gasteiger partial charge in [-0.1, -0.05) is 12.1 Å². The van der Waals surface area contributed by atoms with E-state index < -0.39 is 12.0 Å². The van der Waals surface area contributed by atoms with Crippen LogP contribution in [0, 0.1) is 13.8 Å². The number of nitrogens with one attached hydrogen (secondary N) is 1. The maximum atomic E-state index is 13.1. The molecular weight excluding hydrogens is 372 g/mol. The molecule has 1 aromatic carbocycles. The number of benzene rings is 1. The number of H-pyrrole nitrogens is 1. The van der Waals surface area contributed by atoms with Gasteiger partial charge in [0, 0.05) is 12.2 Å². The van der Waals surface area contributed by atoms with E-state index in [1.54, 1.807) is 20.8 Å². The first-order chi connectivity index (χ1) is 13.8. The van der Waals surface area contributed by atoms with Crippen molar-refractivity contribution in [3.63, 3.8) is 0 Å². The summed E-state index contributed by atoms with van der Waals surface area (Å²) in [6, 6.07) is 7.15. The highest BCUT2D eigenvalue weighted by Gasteiger charge is 2.30. The fourth-order valence-electron chi connectivity index (χ4n) is 3.55. The fourth-order valence-corrected chi connectivity index (χ4v) is 3.55. The van der Waals surface area contributed by atoms with Crippen LogP contribution >= 0.6 is 0 Å². The van der Waals surface area contributed by atoms with Gasteiger partial charge in [0.05, 0.1) is 23.9 Å². The number of carbonyl (C=O) groups is 2. The SMILES string of the molecule is CCOC(=O)c1c(C)[nH]c(C(=O)[C@H](C)N(C)C[C@H]2COc3ccccc3O2)c1C. The third-order valence-corrected chi connectivity index (χ3v) is 5.26. The van der Waals surface area contributed by atoms with Gasteiger partial charge in [-0.15, -0.1) is 0 Å². The van der Waals surface area contributed by atoms with Crippen molar-refractivity contribution in [2.45, 2.75) is 39.8 Å². The molecule has 0 spiro atoms. The standard InChI is InChI=1S/C22H28N2O5/c1-6-27-22(26)19-13(2)20(23-14(19)3)21(25)15(4)24(5)11-16-12-28-17-9-7-8-10-18(17)29-16/h7-10,15-16,23H,6,11-12H2,1-5H3/t15-,16-/m0/s1. The van der Waals surface area contributed by atoms with Crippen LogP contribution in [0.3, 0.4) is 0 Å². The second kappa shape index (κ2) is 8.69. The van der Waals surface area contributed by atoms with Gasteiger partial charge < -0.3 is 19.2 Å². The number of hydrogen-bond donors (Lipinski definition) is 1. The highest BCUT2D eigenvalue weighted by Crippen LogP contribution is 2.31. The van der Waals surface area contributed by atoms with E-state index in [1.807, 2.05) is 43.1 Å². The Kier molecular flexibility index (Phi) is 6.27. The summed E-state index contributed by atoms with van der Waals surface area (Å²) >= 11 is 0. The number of fused-ring (bicyclic) bond motifs is 1. The van der Waals surface area contributed by atoms with Crippen LogP contribution in [0.25, 0.3) is 0 Å². The average Bonchev–Trinajstić information content (AvgIpc) is 3.01. The lowest BCUT2D eigenvalue weighted by Crippen LogP contribution is -2.45. The minimum absolute atomic E-state index is 0.0826. The van der Waals surface area contributed by atoms with Crippen LogP contribution in [-0.2, 0) is 4.74 Å². The minimum Gasteiger partial charge on any atom is -0.486 e. The molecule has 1 N–H and O–H groups in total. The molecule has 1 aromatic heterocycles. The van der Waals surface area contributed by atoms with Crippen LogP contribution in [0.1, 0.15) is 46.0 Å². The first-order valence-corrected chi connectivity index (χ1v) is 9.82. The summed E-state index contributed by atoms with van der Waals surface area (Å²) < 4.78 is 16.9. The maximum Gasteiger partial charge on any atom is 0.340 e. The van der Waals surface area contributed by atoms with Gasteiger partial charge in [0.2, 0.25) is 0 Å². The van der Waals surface area contributed by atoms with E-state index in [4.69, 9.17) is 14.2 Å². The molecule has 29 heavy (non-hydrogen) atoms. The van der Waals surface area contributed by atoms with E-state index in [-0.39, 0.29) is 18.5 Å². The number of ketones is 1. The van der Waals surface area contributed by atoms with E-state index in [1.165, 1.54) is 0 Å². The van der Waals surface area contributed by atoms with E-state index in [2.05, 4.69) is 4.98 Å². The molecule has 0 saturated heterocycles. The number of carbonyl (C=O) groups excluding carboxylic acids is 2. The minimum atomic E-state index is -0.412. The van der Waals surface area contributed by atoms with E-state index >= 15 is 0 Å². The van der Waals surface area contributed by atoms with Crippen molar-refractivity contribution < 1.29 is 23.8 Å². The predicted molar refractivity (Wildman–Crippen MR) is 109 cm³/mol. The number of ether oxygens (including phenoxy) is 3. The molecule has 0 unspecified atom stereocenters. The van der Waals surface area contributed by atoms with Crippen molar-refractivity contribution in [3.05, 3.63) is 46.8 Å². The van der Waals surface area contributed by atoms with Crippen molar-refractivity contribution in [3.8, 4) is 11.5 Å². The van der Waals surface area contributed by atoms with Crippen LogP contribution < -0.4 is 9.47 Å². The monoisotopic (exact) mass is 400 g/mol. The normalized spacial score (nSPS) is 16.6. The molecule has 1 aliphatic heterocycles. The molecule has 3 rings (SSSR count). The zero-order valence-electron chi connectivity index (χ0n) is 17.6. The second-order valence-corrected chi connectivity index (χ2v) is 7.32. The molecule has 2 heterocycles. The topological polar surface area (TPSA) is 80.9 Å². The van der Waals surface area contributed by atoms with Crippen molar-refractivity contribution >= 4 is 11.8 Å². The Labute approximate surface area is 170 Å². The van der Waals surface area contributed by atoms with Gasteiger partial charge >= 0.3 is 5.97 Å². The van der Waals surface area contributed by atoms with Crippen LogP contribution in [0.15, 0.2) is 24.3 Å². The van der Waals surface area contributed by atoms with E-state index in [0.29, 0.717) is 41.4 Å². The third-order valence-electron chi connectivity index (χ3n) is 5.26. The van der Waals surface area contributed by atoms with Gasteiger partial charge in [0.15, 0.2) is 17.3 Å². The summed E-state index contributed by atoms with van der Waals surface area (Å²) in [6.07, 6.45) is -0.174. The lowest BCUT2D eigenvalue weighted by molar-refractivity contribution is 0.0520. The van der Waals surface area contributed by atoms with Crippen LogP contribution in [0.2, 0.25) is 0 Å². The Balaban J connectivity index is 1.69.